The van der Waals surface area contributed by atoms with Gasteiger partial charge in [-0.15, -0.1) is 0 Å². The van der Waals surface area contributed by atoms with E-state index in [-0.39, 0.29) is 17.9 Å². The first kappa shape index (κ1) is 14.9. The van der Waals surface area contributed by atoms with E-state index in [1.807, 2.05) is 0 Å². The predicted octanol–water partition coefficient (Wildman–Crippen LogP) is 1.95. The number of hydrogen-bond donors (Lipinski definition) is 2. The lowest BCUT2D eigenvalue weighted by molar-refractivity contribution is -0.137. The van der Waals surface area contributed by atoms with Crippen LogP contribution in [0.2, 0.25) is 0 Å². The number of benzene rings is 1. The Morgan fingerprint density at radius 2 is 1.95 bits per heavy atom. The average Bonchev–Trinajstić information content (AvgIpc) is 2.76. The van der Waals surface area contributed by atoms with Crippen molar-refractivity contribution in [3.8, 4) is 0 Å². The molecular formula is C13H13F3N4O. The number of carbonyl (C=O) groups is 1. The van der Waals surface area contributed by atoms with Crippen molar-refractivity contribution in [1.29, 1.82) is 0 Å². The molecule has 0 atom stereocenters. The highest BCUT2D eigenvalue weighted by Gasteiger charge is 2.29. The number of hydrogen-bond acceptors (Lipinski definition) is 3. The summed E-state index contributed by atoms with van der Waals surface area (Å²) in [6, 6.07) is 4.57. The largest absolute Gasteiger partial charge is 0.416 e. The highest BCUT2D eigenvalue weighted by atomic mass is 19.4. The maximum atomic E-state index is 12.4. The van der Waals surface area contributed by atoms with Crippen molar-refractivity contribution in [2.45, 2.75) is 12.7 Å². The monoisotopic (exact) mass is 298 g/mol. The molecule has 0 radical (unpaired) electrons. The number of carbonyl (C=O) groups excluding carboxylic acids is 1. The molecule has 0 spiro atoms. The minimum absolute atomic E-state index is 0.102. The molecular weight excluding hydrogens is 285 g/mol. The Morgan fingerprint density at radius 3 is 2.43 bits per heavy atom. The zero-order chi connectivity index (χ0) is 15.6. The Labute approximate surface area is 118 Å². The van der Waals surface area contributed by atoms with Crippen LogP contribution < -0.4 is 11.1 Å². The summed E-state index contributed by atoms with van der Waals surface area (Å²) in [4.78, 5) is 11.9. The number of anilines is 1. The molecule has 0 bridgehead atoms. The van der Waals surface area contributed by atoms with Crippen LogP contribution >= 0.6 is 0 Å². The Morgan fingerprint density at radius 1 is 1.33 bits per heavy atom. The number of amides is 1. The number of rotatable bonds is 3. The van der Waals surface area contributed by atoms with Crippen LogP contribution in [0.4, 0.5) is 19.0 Å². The van der Waals surface area contributed by atoms with Gasteiger partial charge in [-0.25, -0.2) is 0 Å². The van der Waals surface area contributed by atoms with Crippen LogP contribution in [0.25, 0.3) is 0 Å². The lowest BCUT2D eigenvalue weighted by atomic mass is 10.1. The van der Waals surface area contributed by atoms with E-state index in [2.05, 4.69) is 10.4 Å². The van der Waals surface area contributed by atoms with Gasteiger partial charge in [0, 0.05) is 13.6 Å². The van der Waals surface area contributed by atoms with Gasteiger partial charge >= 0.3 is 6.18 Å². The summed E-state index contributed by atoms with van der Waals surface area (Å²) >= 11 is 0. The van der Waals surface area contributed by atoms with Gasteiger partial charge in [0.2, 0.25) is 0 Å². The Hall–Kier alpha value is -2.51. The molecule has 0 aliphatic carbocycles. The predicted molar refractivity (Wildman–Crippen MR) is 70.2 cm³/mol. The topological polar surface area (TPSA) is 72.9 Å². The molecule has 0 unspecified atom stereocenters. The summed E-state index contributed by atoms with van der Waals surface area (Å²) in [5, 5.41) is 6.41. The number of nitrogens with two attached hydrogens (primary N) is 1. The molecule has 0 aliphatic heterocycles. The molecule has 0 aliphatic rings. The van der Waals surface area contributed by atoms with Gasteiger partial charge in [0.25, 0.3) is 5.91 Å². The quantitative estimate of drug-likeness (QED) is 0.909. The summed E-state index contributed by atoms with van der Waals surface area (Å²) in [5.74, 6) is -0.208. The fourth-order valence-electron chi connectivity index (χ4n) is 1.71. The van der Waals surface area contributed by atoms with Crippen LogP contribution in [-0.4, -0.2) is 15.7 Å². The molecule has 5 nitrogen and oxygen atoms in total. The van der Waals surface area contributed by atoms with Crippen molar-refractivity contribution in [2.75, 3.05) is 5.73 Å². The lowest BCUT2D eigenvalue weighted by Crippen LogP contribution is -2.23. The summed E-state index contributed by atoms with van der Waals surface area (Å²) < 4.78 is 38.6. The normalized spacial score (nSPS) is 11.4. The number of alkyl halides is 3. The molecule has 21 heavy (non-hydrogen) atoms. The molecule has 2 aromatic rings. The van der Waals surface area contributed by atoms with Crippen LogP contribution in [0.5, 0.6) is 0 Å². The van der Waals surface area contributed by atoms with Crippen molar-refractivity contribution in [3.63, 3.8) is 0 Å². The fraction of sp³-hybridized carbons (Fsp3) is 0.231. The van der Waals surface area contributed by atoms with E-state index in [0.717, 1.165) is 12.1 Å². The first-order valence-corrected chi connectivity index (χ1v) is 6.01. The maximum absolute atomic E-state index is 12.4. The van der Waals surface area contributed by atoms with Crippen LogP contribution in [0, 0.1) is 0 Å². The third kappa shape index (κ3) is 3.33. The Kier molecular flexibility index (Phi) is 3.88. The maximum Gasteiger partial charge on any atom is 0.416 e. The van der Waals surface area contributed by atoms with Gasteiger partial charge in [-0.1, -0.05) is 12.1 Å². The van der Waals surface area contributed by atoms with Crippen LogP contribution in [0.1, 0.15) is 21.5 Å². The van der Waals surface area contributed by atoms with Gasteiger partial charge in [0.05, 0.1) is 11.8 Å². The summed E-state index contributed by atoms with van der Waals surface area (Å²) in [5.41, 5.74) is 5.71. The minimum atomic E-state index is -4.37. The number of nitrogen functional groups attached to an aromatic ring is 1. The molecule has 3 N–H and O–H groups in total. The van der Waals surface area contributed by atoms with E-state index in [4.69, 9.17) is 5.73 Å². The van der Waals surface area contributed by atoms with E-state index in [9.17, 15) is 18.0 Å². The lowest BCUT2D eigenvalue weighted by Gasteiger charge is -2.08. The van der Waals surface area contributed by atoms with Gasteiger partial charge in [-0.05, 0) is 17.7 Å². The number of halogens is 3. The number of aromatic nitrogens is 2. The molecule has 0 saturated carbocycles. The van der Waals surface area contributed by atoms with Gasteiger partial charge < -0.3 is 11.1 Å². The summed E-state index contributed by atoms with van der Waals surface area (Å²) in [6.07, 6.45) is -3.04. The highest BCUT2D eigenvalue weighted by molar-refractivity contribution is 5.98. The molecule has 8 heteroatoms. The molecule has 1 aromatic carbocycles. The zero-order valence-corrected chi connectivity index (χ0v) is 11.1. The third-order valence-corrected chi connectivity index (χ3v) is 2.96. The first-order valence-electron chi connectivity index (χ1n) is 6.01. The van der Waals surface area contributed by atoms with Gasteiger partial charge in [0.1, 0.15) is 11.4 Å². The van der Waals surface area contributed by atoms with E-state index < -0.39 is 17.6 Å². The van der Waals surface area contributed by atoms with Gasteiger partial charge in [-0.2, -0.15) is 18.3 Å². The SMILES string of the molecule is Cn1ncc(C(=O)NCc2ccc(C(F)(F)F)cc2)c1N. The van der Waals surface area contributed by atoms with Crippen molar-refractivity contribution < 1.29 is 18.0 Å². The second-order valence-electron chi connectivity index (χ2n) is 4.44. The van der Waals surface area contributed by atoms with Crippen molar-refractivity contribution in [1.82, 2.24) is 15.1 Å². The first-order chi connectivity index (χ1) is 9.79. The molecule has 1 aromatic heterocycles. The van der Waals surface area contributed by atoms with E-state index >= 15 is 0 Å². The molecule has 1 amide bonds. The standard InChI is InChI=1S/C13H13F3N4O/c1-20-11(17)10(7-19-20)12(21)18-6-8-2-4-9(5-3-8)13(14,15)16/h2-5,7H,6,17H2,1H3,(H,18,21). The van der Waals surface area contributed by atoms with E-state index in [1.165, 1.54) is 23.0 Å². The van der Waals surface area contributed by atoms with E-state index in [0.29, 0.717) is 5.56 Å². The smallest absolute Gasteiger partial charge is 0.383 e. The summed E-state index contributed by atoms with van der Waals surface area (Å²) in [7, 11) is 1.60. The van der Waals surface area contributed by atoms with Crippen LogP contribution in [0.3, 0.4) is 0 Å². The number of nitrogens with one attached hydrogen (secondary N) is 1. The minimum Gasteiger partial charge on any atom is -0.383 e. The number of nitrogens with zero attached hydrogens (tertiary/aromatic N) is 2. The van der Waals surface area contributed by atoms with Crippen molar-refractivity contribution in [3.05, 3.63) is 47.2 Å². The zero-order valence-electron chi connectivity index (χ0n) is 11.1. The van der Waals surface area contributed by atoms with Gasteiger partial charge in [0.15, 0.2) is 0 Å². The summed E-state index contributed by atoms with van der Waals surface area (Å²) in [6.45, 7) is 0.102. The average molecular weight is 298 g/mol. The van der Waals surface area contributed by atoms with Crippen molar-refractivity contribution >= 4 is 11.7 Å². The second kappa shape index (κ2) is 5.47. The fourth-order valence-corrected chi connectivity index (χ4v) is 1.71. The van der Waals surface area contributed by atoms with E-state index in [1.54, 1.807) is 7.05 Å². The number of aryl methyl sites for hydroxylation is 1. The molecule has 112 valence electrons. The molecule has 2 rings (SSSR count). The van der Waals surface area contributed by atoms with Crippen LogP contribution in [0.15, 0.2) is 30.5 Å². The Balaban J connectivity index is 2.00. The second-order valence-corrected chi connectivity index (χ2v) is 4.44. The van der Waals surface area contributed by atoms with Crippen LogP contribution in [-0.2, 0) is 19.8 Å². The molecule has 1 heterocycles. The van der Waals surface area contributed by atoms with Gasteiger partial charge in [-0.3, -0.25) is 9.48 Å². The third-order valence-electron chi connectivity index (χ3n) is 2.96. The van der Waals surface area contributed by atoms with Crippen molar-refractivity contribution in [2.24, 2.45) is 7.05 Å². The highest BCUT2D eigenvalue weighted by Crippen LogP contribution is 2.29. The Bertz CT molecular complexity index is 646. The molecule has 0 saturated heterocycles. The molecule has 0 fully saturated rings.